The minimum absolute atomic E-state index is 0.656. The lowest BCUT2D eigenvalue weighted by Crippen LogP contribution is -1.83. The molecule has 0 aliphatic carbocycles. The highest BCUT2D eigenvalue weighted by Gasteiger charge is 2.15. The van der Waals surface area contributed by atoms with E-state index in [0.717, 1.165) is 55.7 Å². The third kappa shape index (κ3) is 2.53. The number of hydrogen-bond acceptors (Lipinski definition) is 4. The molecule has 6 aromatic rings. The first-order chi connectivity index (χ1) is 14.3. The molecule has 0 aliphatic heterocycles. The van der Waals surface area contributed by atoms with Crippen molar-refractivity contribution in [3.63, 3.8) is 0 Å². The Balaban J connectivity index is 1.54. The lowest BCUT2D eigenvalue weighted by Gasteiger charge is -2.01. The first-order valence-corrected chi connectivity index (χ1v) is 9.51. The van der Waals surface area contributed by atoms with E-state index in [4.69, 9.17) is 13.8 Å². The smallest absolute Gasteiger partial charge is 0.227 e. The van der Waals surface area contributed by atoms with E-state index in [0.29, 0.717) is 5.71 Å². The summed E-state index contributed by atoms with van der Waals surface area (Å²) in [5.74, 6) is 0.812. The normalized spacial score (nSPS) is 11.6. The highest BCUT2D eigenvalue weighted by Crippen LogP contribution is 2.36. The molecule has 4 aromatic heterocycles. The van der Waals surface area contributed by atoms with Crippen LogP contribution in [0.5, 0.6) is 0 Å². The van der Waals surface area contributed by atoms with Crippen molar-refractivity contribution in [2.75, 3.05) is 0 Å². The lowest BCUT2D eigenvalue weighted by molar-refractivity contribution is 0.631. The van der Waals surface area contributed by atoms with E-state index in [1.54, 1.807) is 0 Å². The maximum atomic E-state index is 6.13. The lowest BCUT2D eigenvalue weighted by atomic mass is 10.1. The second-order valence-electron chi connectivity index (χ2n) is 7.15. The number of fused-ring (bicyclic) bond motifs is 4. The molecule has 4 heteroatoms. The predicted molar refractivity (Wildman–Crippen MR) is 115 cm³/mol. The summed E-state index contributed by atoms with van der Waals surface area (Å²) in [4.78, 5) is 9.39. The molecule has 29 heavy (non-hydrogen) atoms. The molecule has 0 saturated carbocycles. The van der Waals surface area contributed by atoms with Gasteiger partial charge in [0, 0.05) is 33.7 Å². The molecule has 4 nitrogen and oxygen atoms in total. The zero-order chi connectivity index (χ0) is 19.4. The van der Waals surface area contributed by atoms with Gasteiger partial charge in [-0.25, -0.2) is 9.97 Å². The van der Waals surface area contributed by atoms with Crippen molar-refractivity contribution >= 4 is 33.2 Å². The topological polar surface area (TPSA) is 52.1 Å². The Hall–Kier alpha value is -3.92. The molecule has 0 fully saturated rings. The summed E-state index contributed by atoms with van der Waals surface area (Å²) in [6, 6.07) is 26.2. The molecule has 0 N–H and O–H groups in total. The first-order valence-electron chi connectivity index (χ1n) is 9.51. The molecule has 0 bridgehead atoms. The van der Waals surface area contributed by atoms with Crippen LogP contribution in [0.2, 0.25) is 0 Å². The molecule has 2 aromatic carbocycles. The largest absolute Gasteiger partial charge is 0.454 e. The van der Waals surface area contributed by atoms with Crippen LogP contribution in [0.25, 0.3) is 55.7 Å². The Kier molecular flexibility index (Phi) is 3.35. The number of para-hydroxylation sites is 1. The predicted octanol–water partition coefficient (Wildman–Crippen LogP) is 6.76. The minimum atomic E-state index is 0.656. The van der Waals surface area contributed by atoms with E-state index in [1.807, 2.05) is 73.7 Å². The average molecular weight is 376 g/mol. The summed E-state index contributed by atoms with van der Waals surface area (Å²) in [6.45, 7) is 1.96. The summed E-state index contributed by atoms with van der Waals surface area (Å²) in [5.41, 5.74) is 6.81. The number of aryl methyl sites for hydroxylation is 1. The van der Waals surface area contributed by atoms with E-state index in [9.17, 15) is 0 Å². The van der Waals surface area contributed by atoms with Crippen LogP contribution in [-0.2, 0) is 0 Å². The zero-order valence-corrected chi connectivity index (χ0v) is 15.7. The SMILES string of the molecule is Cc1ccc2c(n1)oc1c(-c3ccc4oc(-c5ccccc5)cc4n3)cccc12. The van der Waals surface area contributed by atoms with Gasteiger partial charge in [-0.05, 0) is 37.3 Å². The summed E-state index contributed by atoms with van der Waals surface area (Å²) >= 11 is 0. The van der Waals surface area contributed by atoms with Gasteiger partial charge in [0.1, 0.15) is 16.9 Å². The third-order valence-corrected chi connectivity index (χ3v) is 5.21. The van der Waals surface area contributed by atoms with E-state index in [1.165, 1.54) is 0 Å². The van der Waals surface area contributed by atoms with Crippen LogP contribution in [0.1, 0.15) is 5.69 Å². The monoisotopic (exact) mass is 376 g/mol. The molecular weight excluding hydrogens is 360 g/mol. The fourth-order valence-corrected chi connectivity index (χ4v) is 3.79. The minimum Gasteiger partial charge on any atom is -0.454 e. The van der Waals surface area contributed by atoms with Crippen LogP contribution in [0.15, 0.2) is 87.7 Å². The van der Waals surface area contributed by atoms with Crippen LogP contribution >= 0.6 is 0 Å². The second-order valence-corrected chi connectivity index (χ2v) is 7.15. The average Bonchev–Trinajstić information content (AvgIpc) is 3.34. The van der Waals surface area contributed by atoms with Gasteiger partial charge in [0.25, 0.3) is 0 Å². The van der Waals surface area contributed by atoms with Crippen LogP contribution in [-0.4, -0.2) is 9.97 Å². The Morgan fingerprint density at radius 2 is 1.62 bits per heavy atom. The van der Waals surface area contributed by atoms with Crippen molar-refractivity contribution in [2.45, 2.75) is 6.92 Å². The van der Waals surface area contributed by atoms with Crippen molar-refractivity contribution < 1.29 is 8.83 Å². The summed E-state index contributed by atoms with van der Waals surface area (Å²) in [5, 5.41) is 2.06. The van der Waals surface area contributed by atoms with Crippen LogP contribution in [0.3, 0.4) is 0 Å². The Labute approximate surface area is 166 Å². The second kappa shape index (κ2) is 6.04. The van der Waals surface area contributed by atoms with E-state index < -0.39 is 0 Å². The van der Waals surface area contributed by atoms with Crippen molar-refractivity contribution in [3.05, 3.63) is 84.6 Å². The highest BCUT2D eigenvalue weighted by molar-refractivity contribution is 6.08. The molecule has 0 aliphatic rings. The van der Waals surface area contributed by atoms with Crippen molar-refractivity contribution in [1.82, 2.24) is 9.97 Å². The maximum Gasteiger partial charge on any atom is 0.227 e. The molecule has 0 radical (unpaired) electrons. The Morgan fingerprint density at radius 3 is 2.52 bits per heavy atom. The first kappa shape index (κ1) is 16.1. The number of rotatable bonds is 2. The molecule has 6 rings (SSSR count). The zero-order valence-electron chi connectivity index (χ0n) is 15.7. The molecule has 0 amide bonds. The fraction of sp³-hybridized carbons (Fsp3) is 0.0400. The van der Waals surface area contributed by atoms with Gasteiger partial charge in [-0.2, -0.15) is 0 Å². The number of hydrogen-bond donors (Lipinski definition) is 0. The molecule has 4 heterocycles. The number of aromatic nitrogens is 2. The van der Waals surface area contributed by atoms with Crippen LogP contribution in [0, 0.1) is 6.92 Å². The molecule has 138 valence electrons. The van der Waals surface area contributed by atoms with Gasteiger partial charge < -0.3 is 8.83 Å². The number of pyridine rings is 2. The van der Waals surface area contributed by atoms with Crippen molar-refractivity contribution in [2.24, 2.45) is 0 Å². The number of benzene rings is 2. The van der Waals surface area contributed by atoms with Gasteiger partial charge in [-0.15, -0.1) is 0 Å². The Bertz CT molecular complexity index is 1510. The van der Waals surface area contributed by atoms with Crippen molar-refractivity contribution in [1.29, 1.82) is 0 Å². The van der Waals surface area contributed by atoms with Crippen LogP contribution < -0.4 is 0 Å². The molecule has 0 saturated heterocycles. The fourth-order valence-electron chi connectivity index (χ4n) is 3.79. The van der Waals surface area contributed by atoms with Gasteiger partial charge in [0.05, 0.1) is 5.69 Å². The standard InChI is InChI=1S/C25H16N2O2/c1-15-10-11-18-17-8-5-9-19(24(17)29-25(18)26-15)20-12-13-22-21(27-20)14-23(28-22)16-6-3-2-4-7-16/h2-14H,1H3. The third-order valence-electron chi connectivity index (χ3n) is 5.21. The van der Waals surface area contributed by atoms with Crippen LogP contribution in [0.4, 0.5) is 0 Å². The van der Waals surface area contributed by atoms with Crippen molar-refractivity contribution in [3.8, 4) is 22.6 Å². The maximum absolute atomic E-state index is 6.13. The highest BCUT2D eigenvalue weighted by atomic mass is 16.3. The number of nitrogens with zero attached hydrogens (tertiary/aromatic N) is 2. The molecule has 0 unspecified atom stereocenters. The van der Waals surface area contributed by atoms with Gasteiger partial charge in [-0.1, -0.05) is 42.5 Å². The van der Waals surface area contributed by atoms with E-state index in [2.05, 4.69) is 17.1 Å². The number of furan rings is 2. The van der Waals surface area contributed by atoms with Gasteiger partial charge in [0.2, 0.25) is 5.71 Å². The molecule has 0 atom stereocenters. The van der Waals surface area contributed by atoms with E-state index in [-0.39, 0.29) is 0 Å². The van der Waals surface area contributed by atoms with Gasteiger partial charge >= 0.3 is 0 Å². The summed E-state index contributed by atoms with van der Waals surface area (Å²) in [6.07, 6.45) is 0. The molecular formula is C25H16N2O2. The molecule has 0 spiro atoms. The Morgan fingerprint density at radius 1 is 0.724 bits per heavy atom. The van der Waals surface area contributed by atoms with Gasteiger partial charge in [-0.3, -0.25) is 0 Å². The van der Waals surface area contributed by atoms with E-state index >= 15 is 0 Å². The summed E-state index contributed by atoms with van der Waals surface area (Å²) in [7, 11) is 0. The quantitative estimate of drug-likeness (QED) is 0.335. The van der Waals surface area contributed by atoms with Gasteiger partial charge in [0.15, 0.2) is 5.58 Å². The summed E-state index contributed by atoms with van der Waals surface area (Å²) < 4.78 is 12.1.